The summed E-state index contributed by atoms with van der Waals surface area (Å²) in [6.07, 6.45) is 4.94. The predicted octanol–water partition coefficient (Wildman–Crippen LogP) is 4.36. The highest BCUT2D eigenvalue weighted by Gasteiger charge is 2.24. The van der Waals surface area contributed by atoms with Gasteiger partial charge in [0.15, 0.2) is 0 Å². The molecule has 0 unspecified atom stereocenters. The Kier molecular flexibility index (Phi) is 5.53. The van der Waals surface area contributed by atoms with Gasteiger partial charge in [0.05, 0.1) is 0 Å². The number of rotatable bonds is 4. The van der Waals surface area contributed by atoms with Gasteiger partial charge in [0.25, 0.3) is 5.91 Å². The number of nitrogens with one attached hydrogen (secondary N) is 2. The van der Waals surface area contributed by atoms with Crippen molar-refractivity contribution in [1.29, 1.82) is 0 Å². The molecule has 2 amide bonds. The summed E-state index contributed by atoms with van der Waals surface area (Å²) >= 11 is 3.35. The molecular formula is C23H22BrN3O2. The molecule has 0 saturated heterocycles. The zero-order valence-electron chi connectivity index (χ0n) is 16.1. The lowest BCUT2D eigenvalue weighted by atomic mass is 9.98. The molecule has 3 aromatic rings. The molecular weight excluding hydrogens is 430 g/mol. The summed E-state index contributed by atoms with van der Waals surface area (Å²) in [5.74, 6) is -0.310. The van der Waals surface area contributed by atoms with Gasteiger partial charge in [-0.25, -0.2) is 0 Å². The molecule has 1 atom stereocenters. The smallest absolute Gasteiger partial charge is 0.251 e. The number of aromatic nitrogens is 1. The van der Waals surface area contributed by atoms with Gasteiger partial charge >= 0.3 is 0 Å². The van der Waals surface area contributed by atoms with E-state index >= 15 is 0 Å². The van der Waals surface area contributed by atoms with Crippen molar-refractivity contribution < 1.29 is 9.59 Å². The number of para-hydroxylation sites is 1. The maximum Gasteiger partial charge on any atom is 0.251 e. The monoisotopic (exact) mass is 451 g/mol. The van der Waals surface area contributed by atoms with Crippen LogP contribution in [-0.2, 0) is 4.79 Å². The van der Waals surface area contributed by atoms with Crippen LogP contribution in [0.3, 0.4) is 0 Å². The quantitative estimate of drug-likeness (QED) is 0.618. The Morgan fingerprint density at radius 2 is 1.90 bits per heavy atom. The third kappa shape index (κ3) is 4.12. The first-order valence-corrected chi connectivity index (χ1v) is 10.4. The van der Waals surface area contributed by atoms with Crippen LogP contribution < -0.4 is 5.32 Å². The average molecular weight is 452 g/mol. The number of amides is 2. The highest BCUT2D eigenvalue weighted by atomic mass is 79.9. The number of benzene rings is 2. The maximum absolute atomic E-state index is 12.8. The minimum atomic E-state index is -0.575. The Morgan fingerprint density at radius 3 is 2.62 bits per heavy atom. The van der Waals surface area contributed by atoms with E-state index in [4.69, 9.17) is 0 Å². The number of aromatic amines is 1. The minimum absolute atomic E-state index is 0.0651. The van der Waals surface area contributed by atoms with Crippen molar-refractivity contribution in [1.82, 2.24) is 15.2 Å². The number of carbonyl (C=O) groups is 2. The highest BCUT2D eigenvalue weighted by molar-refractivity contribution is 9.10. The van der Waals surface area contributed by atoms with Crippen LogP contribution in [0.4, 0.5) is 0 Å². The summed E-state index contributed by atoms with van der Waals surface area (Å²) in [6, 6.07) is 14.7. The zero-order valence-corrected chi connectivity index (χ0v) is 17.7. The van der Waals surface area contributed by atoms with Crippen LogP contribution in [0.25, 0.3) is 16.5 Å². The van der Waals surface area contributed by atoms with E-state index in [0.717, 1.165) is 16.4 Å². The largest absolute Gasteiger partial charge is 0.361 e. The Balaban J connectivity index is 1.40. The molecule has 148 valence electrons. The van der Waals surface area contributed by atoms with Gasteiger partial charge < -0.3 is 15.2 Å². The van der Waals surface area contributed by atoms with Gasteiger partial charge in [0, 0.05) is 45.8 Å². The van der Waals surface area contributed by atoms with E-state index in [2.05, 4.69) is 44.4 Å². The highest BCUT2D eigenvalue weighted by Crippen LogP contribution is 2.29. The number of hydrogen-bond acceptors (Lipinski definition) is 2. The third-order valence-electron chi connectivity index (χ3n) is 5.28. The Morgan fingerprint density at radius 1 is 1.14 bits per heavy atom. The number of nitrogens with zero attached hydrogens (tertiary/aromatic N) is 1. The summed E-state index contributed by atoms with van der Waals surface area (Å²) < 4.78 is 0.907. The molecule has 6 heteroatoms. The molecule has 1 aliphatic heterocycles. The first-order valence-electron chi connectivity index (χ1n) is 9.63. The number of carbonyl (C=O) groups excluding carboxylic acids is 2. The summed E-state index contributed by atoms with van der Waals surface area (Å²) in [5.41, 5.74) is 4.10. The molecule has 0 aliphatic carbocycles. The van der Waals surface area contributed by atoms with Crippen molar-refractivity contribution in [2.75, 3.05) is 13.1 Å². The van der Waals surface area contributed by atoms with E-state index in [-0.39, 0.29) is 11.8 Å². The van der Waals surface area contributed by atoms with Gasteiger partial charge in [0.1, 0.15) is 6.04 Å². The third-order valence-corrected chi connectivity index (χ3v) is 5.81. The molecule has 29 heavy (non-hydrogen) atoms. The molecule has 0 spiro atoms. The average Bonchev–Trinajstić information content (AvgIpc) is 3.18. The number of fused-ring (bicyclic) bond motifs is 1. The van der Waals surface area contributed by atoms with Crippen LogP contribution in [0.15, 0.2) is 65.3 Å². The van der Waals surface area contributed by atoms with E-state index in [1.165, 1.54) is 16.5 Å². The van der Waals surface area contributed by atoms with E-state index in [1.807, 2.05) is 30.5 Å². The molecule has 0 radical (unpaired) electrons. The summed E-state index contributed by atoms with van der Waals surface area (Å²) in [6.45, 7) is 2.92. The van der Waals surface area contributed by atoms with Crippen LogP contribution in [0.2, 0.25) is 0 Å². The van der Waals surface area contributed by atoms with Crippen molar-refractivity contribution in [2.24, 2.45) is 0 Å². The zero-order chi connectivity index (χ0) is 20.4. The summed E-state index contributed by atoms with van der Waals surface area (Å²) in [4.78, 5) is 30.3. The van der Waals surface area contributed by atoms with Crippen LogP contribution in [-0.4, -0.2) is 40.8 Å². The maximum atomic E-state index is 12.8. The molecule has 2 heterocycles. The van der Waals surface area contributed by atoms with Crippen molar-refractivity contribution in [3.8, 4) is 0 Å². The Labute approximate surface area is 177 Å². The fourth-order valence-electron chi connectivity index (χ4n) is 3.67. The molecule has 1 aromatic heterocycles. The standard InChI is InChI=1S/C23H22BrN3O2/c1-15(26-22(28)17-6-8-18(24)9-7-17)23(29)27-12-10-16(11-13-27)20-14-25-21-5-3-2-4-19(20)21/h2-10,14-15,25H,11-13H2,1H3,(H,26,28)/t15-/m0/s1. The second-order valence-electron chi connectivity index (χ2n) is 7.21. The van der Waals surface area contributed by atoms with Gasteiger partial charge in [-0.2, -0.15) is 0 Å². The minimum Gasteiger partial charge on any atom is -0.361 e. The second kappa shape index (κ2) is 8.25. The topological polar surface area (TPSA) is 65.2 Å². The molecule has 4 rings (SSSR count). The summed E-state index contributed by atoms with van der Waals surface area (Å²) in [7, 11) is 0. The molecule has 2 N–H and O–H groups in total. The fourth-order valence-corrected chi connectivity index (χ4v) is 3.93. The van der Waals surface area contributed by atoms with Crippen LogP contribution in [0.5, 0.6) is 0 Å². The number of halogens is 1. The normalized spacial score (nSPS) is 15.1. The molecule has 1 aliphatic rings. The molecule has 0 saturated carbocycles. The van der Waals surface area contributed by atoms with Crippen molar-refractivity contribution in [2.45, 2.75) is 19.4 Å². The van der Waals surface area contributed by atoms with Gasteiger partial charge in [-0.3, -0.25) is 9.59 Å². The number of H-pyrrole nitrogens is 1. The fraction of sp³-hybridized carbons (Fsp3) is 0.217. The van der Waals surface area contributed by atoms with E-state index < -0.39 is 6.04 Å². The Hall–Kier alpha value is -2.86. The molecule has 5 nitrogen and oxygen atoms in total. The van der Waals surface area contributed by atoms with Crippen molar-refractivity contribution in [3.63, 3.8) is 0 Å². The molecule has 2 aromatic carbocycles. The van der Waals surface area contributed by atoms with Crippen molar-refractivity contribution in [3.05, 3.63) is 76.4 Å². The van der Waals surface area contributed by atoms with E-state index in [0.29, 0.717) is 18.7 Å². The van der Waals surface area contributed by atoms with Crippen LogP contribution in [0, 0.1) is 0 Å². The molecule has 0 bridgehead atoms. The SMILES string of the molecule is C[C@H](NC(=O)c1ccc(Br)cc1)C(=O)N1CC=C(c2c[nH]c3ccccc23)CC1. The first kappa shape index (κ1) is 19.5. The van der Waals surface area contributed by atoms with E-state index in [1.54, 1.807) is 24.0 Å². The predicted molar refractivity (Wildman–Crippen MR) is 119 cm³/mol. The lowest BCUT2D eigenvalue weighted by Gasteiger charge is -2.29. The van der Waals surface area contributed by atoms with Gasteiger partial charge in [-0.1, -0.05) is 40.2 Å². The Bertz CT molecular complexity index is 1080. The van der Waals surface area contributed by atoms with Crippen LogP contribution in [0.1, 0.15) is 29.3 Å². The van der Waals surface area contributed by atoms with Gasteiger partial charge in [-0.05, 0) is 49.2 Å². The first-order chi connectivity index (χ1) is 14.0. The van der Waals surface area contributed by atoms with Gasteiger partial charge in [-0.15, -0.1) is 0 Å². The second-order valence-corrected chi connectivity index (χ2v) is 8.13. The van der Waals surface area contributed by atoms with Crippen molar-refractivity contribution >= 4 is 44.2 Å². The lowest BCUT2D eigenvalue weighted by molar-refractivity contribution is -0.132. The van der Waals surface area contributed by atoms with Gasteiger partial charge in [0.2, 0.25) is 5.91 Å². The van der Waals surface area contributed by atoms with E-state index in [9.17, 15) is 9.59 Å². The number of hydrogen-bond donors (Lipinski definition) is 2. The lowest BCUT2D eigenvalue weighted by Crippen LogP contribution is -2.48. The molecule has 0 fully saturated rings. The van der Waals surface area contributed by atoms with Crippen LogP contribution >= 0.6 is 15.9 Å². The summed E-state index contributed by atoms with van der Waals surface area (Å²) in [5, 5.41) is 4.01.